The molecule has 0 saturated carbocycles. The van der Waals surface area contributed by atoms with E-state index < -0.39 is 17.9 Å². The third-order valence-electron chi connectivity index (χ3n) is 5.04. The molecule has 176 valence electrons. The van der Waals surface area contributed by atoms with Gasteiger partial charge in [0.1, 0.15) is 23.8 Å². The Balaban J connectivity index is 1.89. The molecule has 4 aromatic rings. The van der Waals surface area contributed by atoms with Gasteiger partial charge < -0.3 is 10.5 Å². The highest BCUT2D eigenvalue weighted by Crippen LogP contribution is 2.39. The topological polar surface area (TPSA) is 105 Å². The second kappa shape index (κ2) is 9.46. The summed E-state index contributed by atoms with van der Waals surface area (Å²) in [5, 5.41) is 8.61. The second-order valence-electron chi connectivity index (χ2n) is 7.57. The Morgan fingerprint density at radius 3 is 2.38 bits per heavy atom. The molecular weight excluding hydrogens is 447 g/mol. The first-order chi connectivity index (χ1) is 16.2. The van der Waals surface area contributed by atoms with Crippen LogP contribution in [-0.2, 0) is 20.1 Å². The van der Waals surface area contributed by atoms with E-state index in [0.29, 0.717) is 40.2 Å². The molecule has 0 fully saturated rings. The number of pyridine rings is 1. The molecule has 1 aromatic carbocycles. The maximum absolute atomic E-state index is 13.6. The normalized spacial score (nSPS) is 11.3. The first kappa shape index (κ1) is 23.1. The molecular formula is C23H22F3N7O. The number of aryl methyl sites for hydroxylation is 3. The summed E-state index contributed by atoms with van der Waals surface area (Å²) in [5.74, 6) is -0.448. The molecule has 0 saturated heterocycles. The number of benzene rings is 1. The van der Waals surface area contributed by atoms with Crippen molar-refractivity contribution in [2.45, 2.75) is 33.3 Å². The molecule has 0 spiro atoms. The molecule has 3 aromatic heterocycles. The third-order valence-corrected chi connectivity index (χ3v) is 5.04. The number of nitrogens with two attached hydrogens (primary N) is 1. The number of nitrogen functional groups attached to an aromatic ring is 1. The zero-order valence-electron chi connectivity index (χ0n) is 18.8. The lowest BCUT2D eigenvalue weighted by atomic mass is 9.99. The number of hydrogen-bond acceptors (Lipinski definition) is 7. The van der Waals surface area contributed by atoms with Gasteiger partial charge in [-0.3, -0.25) is 4.98 Å². The van der Waals surface area contributed by atoms with E-state index >= 15 is 0 Å². The summed E-state index contributed by atoms with van der Waals surface area (Å²) < 4.78 is 46.6. The molecule has 0 unspecified atom stereocenters. The van der Waals surface area contributed by atoms with Crippen molar-refractivity contribution < 1.29 is 17.9 Å². The van der Waals surface area contributed by atoms with E-state index in [1.807, 2.05) is 6.92 Å². The lowest BCUT2D eigenvalue weighted by Crippen LogP contribution is -2.07. The minimum atomic E-state index is -2.78. The second-order valence-corrected chi connectivity index (χ2v) is 7.57. The van der Waals surface area contributed by atoms with Crippen molar-refractivity contribution in [2.24, 2.45) is 7.05 Å². The Hall–Kier alpha value is -4.02. The highest BCUT2D eigenvalue weighted by Gasteiger charge is 2.22. The van der Waals surface area contributed by atoms with Crippen molar-refractivity contribution in [3.63, 3.8) is 0 Å². The zero-order valence-corrected chi connectivity index (χ0v) is 18.8. The molecule has 0 atom stereocenters. The van der Waals surface area contributed by atoms with Gasteiger partial charge in [-0.15, -0.1) is 0 Å². The van der Waals surface area contributed by atoms with Crippen LogP contribution in [-0.4, -0.2) is 29.9 Å². The molecule has 0 aliphatic rings. The van der Waals surface area contributed by atoms with Crippen LogP contribution >= 0.6 is 0 Å². The Kier molecular flexibility index (Phi) is 6.44. The van der Waals surface area contributed by atoms with Crippen molar-refractivity contribution in [3.8, 4) is 28.3 Å². The van der Waals surface area contributed by atoms with Crippen molar-refractivity contribution in [1.29, 1.82) is 0 Å². The number of ether oxygens (including phenoxy) is 1. The van der Waals surface area contributed by atoms with Gasteiger partial charge in [0.05, 0.1) is 17.0 Å². The average molecular weight is 469 g/mol. The lowest BCUT2D eigenvalue weighted by Gasteiger charge is -2.16. The Bertz CT molecular complexity index is 1320. The fourth-order valence-corrected chi connectivity index (χ4v) is 3.60. The molecule has 2 N–H and O–H groups in total. The molecule has 11 heteroatoms. The molecule has 3 heterocycles. The van der Waals surface area contributed by atoms with Crippen molar-refractivity contribution >= 4 is 5.95 Å². The van der Waals surface area contributed by atoms with Crippen LogP contribution in [0.25, 0.3) is 22.4 Å². The van der Waals surface area contributed by atoms with Gasteiger partial charge in [0.25, 0.3) is 6.43 Å². The van der Waals surface area contributed by atoms with Gasteiger partial charge in [-0.1, -0.05) is 6.92 Å². The van der Waals surface area contributed by atoms with E-state index in [0.717, 1.165) is 5.69 Å². The third kappa shape index (κ3) is 4.82. The molecule has 0 aliphatic carbocycles. The van der Waals surface area contributed by atoms with Crippen LogP contribution in [0.3, 0.4) is 0 Å². The summed E-state index contributed by atoms with van der Waals surface area (Å²) in [6, 6.07) is 8.46. The van der Waals surface area contributed by atoms with Crippen LogP contribution in [0.4, 0.5) is 19.1 Å². The van der Waals surface area contributed by atoms with Crippen molar-refractivity contribution in [2.75, 3.05) is 5.73 Å². The van der Waals surface area contributed by atoms with E-state index in [1.54, 1.807) is 20.0 Å². The highest BCUT2D eigenvalue weighted by atomic mass is 19.3. The maximum atomic E-state index is 13.6. The first-order valence-electron chi connectivity index (χ1n) is 10.5. The van der Waals surface area contributed by atoms with Gasteiger partial charge in [0.2, 0.25) is 11.8 Å². The molecule has 0 bridgehead atoms. The number of nitrogens with zero attached hydrogens (tertiary/aromatic N) is 6. The molecule has 4 rings (SSSR count). The summed E-state index contributed by atoms with van der Waals surface area (Å²) in [6.45, 7) is 3.58. The van der Waals surface area contributed by atoms with Crippen LogP contribution in [0.1, 0.15) is 36.1 Å². The Morgan fingerprint density at radius 1 is 1.00 bits per heavy atom. The smallest absolute Gasteiger partial charge is 0.280 e. The van der Waals surface area contributed by atoms with Gasteiger partial charge in [0, 0.05) is 18.3 Å². The zero-order chi connectivity index (χ0) is 24.4. The lowest BCUT2D eigenvalue weighted by molar-refractivity contribution is 0.146. The minimum Gasteiger partial charge on any atom is -0.470 e. The molecule has 34 heavy (non-hydrogen) atoms. The van der Waals surface area contributed by atoms with Gasteiger partial charge in [-0.05, 0) is 55.3 Å². The predicted octanol–water partition coefficient (Wildman–Crippen LogP) is 4.44. The Morgan fingerprint density at radius 2 is 1.71 bits per heavy atom. The summed E-state index contributed by atoms with van der Waals surface area (Å²) >= 11 is 0. The average Bonchev–Trinajstić information content (AvgIpc) is 3.16. The molecule has 0 aliphatic heterocycles. The summed E-state index contributed by atoms with van der Waals surface area (Å²) in [5.41, 5.74) is 8.83. The number of hydrogen-bond donors (Lipinski definition) is 1. The quantitative estimate of drug-likeness (QED) is 0.427. The molecule has 0 amide bonds. The summed E-state index contributed by atoms with van der Waals surface area (Å²) in [6.07, 6.45) is -2.13. The van der Waals surface area contributed by atoms with E-state index in [-0.39, 0.29) is 18.4 Å². The highest BCUT2D eigenvalue weighted by molar-refractivity contribution is 5.85. The summed E-state index contributed by atoms with van der Waals surface area (Å²) in [7, 11) is 1.70. The fraction of sp³-hybridized carbons (Fsp3) is 0.261. The van der Waals surface area contributed by atoms with Gasteiger partial charge in [-0.25, -0.2) is 18.2 Å². The SMILES string of the molecule is CCc1nn(C)nc1COc1nc(N)nc(-c2ccc(F)cc2)c1-c1cc(C)nc(C(F)F)c1. The first-order valence-corrected chi connectivity index (χ1v) is 10.5. The number of rotatable bonds is 7. The van der Waals surface area contributed by atoms with E-state index in [2.05, 4.69) is 25.1 Å². The van der Waals surface area contributed by atoms with Gasteiger partial charge in [-0.2, -0.15) is 20.0 Å². The van der Waals surface area contributed by atoms with E-state index in [4.69, 9.17) is 10.5 Å². The molecule has 8 nitrogen and oxygen atoms in total. The number of aromatic nitrogens is 6. The largest absolute Gasteiger partial charge is 0.470 e. The minimum absolute atomic E-state index is 0.0229. The maximum Gasteiger partial charge on any atom is 0.280 e. The fourth-order valence-electron chi connectivity index (χ4n) is 3.60. The monoisotopic (exact) mass is 469 g/mol. The summed E-state index contributed by atoms with van der Waals surface area (Å²) in [4.78, 5) is 13.9. The molecule has 0 radical (unpaired) electrons. The van der Waals surface area contributed by atoms with Crippen LogP contribution in [0.5, 0.6) is 5.88 Å². The van der Waals surface area contributed by atoms with Gasteiger partial charge in [0.15, 0.2) is 0 Å². The standard InChI is InChI=1S/C23H22F3N7O/c1-4-16-18(32-33(3)31-16)11-34-22-19(14-9-12(2)28-17(10-14)21(25)26)20(29-23(27)30-22)13-5-7-15(24)8-6-13/h5-10,21H,4,11H2,1-3H3,(H2,27,29,30). The number of halogens is 3. The van der Waals surface area contributed by atoms with E-state index in [9.17, 15) is 13.2 Å². The Labute approximate surface area is 193 Å². The van der Waals surface area contributed by atoms with Crippen molar-refractivity contribution in [3.05, 3.63) is 65.0 Å². The predicted molar refractivity (Wildman–Crippen MR) is 119 cm³/mol. The van der Waals surface area contributed by atoms with Crippen LogP contribution in [0, 0.1) is 12.7 Å². The van der Waals surface area contributed by atoms with E-state index in [1.165, 1.54) is 35.1 Å². The van der Waals surface area contributed by atoms with Gasteiger partial charge >= 0.3 is 0 Å². The van der Waals surface area contributed by atoms with Crippen LogP contribution in [0.2, 0.25) is 0 Å². The number of alkyl halides is 2. The number of anilines is 1. The van der Waals surface area contributed by atoms with Crippen molar-refractivity contribution in [1.82, 2.24) is 29.9 Å². The van der Waals surface area contributed by atoms with Crippen LogP contribution in [0.15, 0.2) is 36.4 Å². The van der Waals surface area contributed by atoms with Crippen LogP contribution < -0.4 is 10.5 Å².